The van der Waals surface area contributed by atoms with Gasteiger partial charge in [0.25, 0.3) is 5.91 Å². The van der Waals surface area contributed by atoms with E-state index >= 15 is 0 Å². The van der Waals surface area contributed by atoms with Crippen molar-refractivity contribution in [1.82, 2.24) is 5.32 Å². The predicted octanol–water partition coefficient (Wildman–Crippen LogP) is 3.54. The third-order valence-corrected chi connectivity index (χ3v) is 4.30. The summed E-state index contributed by atoms with van der Waals surface area (Å²) in [5, 5.41) is 4.26. The van der Waals surface area contributed by atoms with Gasteiger partial charge in [-0.3, -0.25) is 4.79 Å². The Kier molecular flexibility index (Phi) is 5.45. The molecular formula is C15H19ClN2O2S. The number of nitrogens with two attached hydrogens (primary N) is 1. The van der Waals surface area contributed by atoms with Gasteiger partial charge in [-0.05, 0) is 24.1 Å². The minimum Gasteiger partial charge on any atom is -0.397 e. The van der Waals surface area contributed by atoms with Gasteiger partial charge in [0.2, 0.25) is 0 Å². The van der Waals surface area contributed by atoms with Crippen LogP contribution in [0.5, 0.6) is 0 Å². The van der Waals surface area contributed by atoms with Crippen LogP contribution in [-0.2, 0) is 4.74 Å². The quantitative estimate of drug-likeness (QED) is 0.798. The van der Waals surface area contributed by atoms with Crippen LogP contribution in [0.2, 0.25) is 5.02 Å². The van der Waals surface area contributed by atoms with Crippen LogP contribution in [0.15, 0.2) is 18.2 Å². The lowest BCUT2D eigenvalue weighted by atomic mass is 10.2. The normalized spacial score (nSPS) is 11.2. The number of hydrogen-bond acceptors (Lipinski definition) is 4. The molecule has 2 rings (SSSR count). The van der Waals surface area contributed by atoms with Crippen LogP contribution < -0.4 is 11.1 Å². The molecule has 1 aromatic heterocycles. The summed E-state index contributed by atoms with van der Waals surface area (Å²) in [4.78, 5) is 12.7. The van der Waals surface area contributed by atoms with Crippen LogP contribution in [0.1, 0.15) is 23.5 Å². The van der Waals surface area contributed by atoms with Crippen LogP contribution in [0.4, 0.5) is 5.69 Å². The van der Waals surface area contributed by atoms with E-state index in [0.717, 1.165) is 10.1 Å². The first-order valence-electron chi connectivity index (χ1n) is 6.82. The molecule has 1 amide bonds. The van der Waals surface area contributed by atoms with Gasteiger partial charge in [0.05, 0.1) is 12.3 Å². The highest BCUT2D eigenvalue weighted by Gasteiger charge is 2.16. The Labute approximate surface area is 133 Å². The molecule has 0 unspecified atom stereocenters. The van der Waals surface area contributed by atoms with Crippen molar-refractivity contribution in [1.29, 1.82) is 0 Å². The molecule has 0 aliphatic rings. The van der Waals surface area contributed by atoms with E-state index in [1.165, 1.54) is 11.3 Å². The molecule has 0 fully saturated rings. The molecule has 4 nitrogen and oxygen atoms in total. The number of nitrogen functional groups attached to an aromatic ring is 1. The van der Waals surface area contributed by atoms with Crippen LogP contribution >= 0.6 is 22.9 Å². The predicted molar refractivity (Wildman–Crippen MR) is 89.2 cm³/mol. The number of rotatable bonds is 6. The molecule has 0 radical (unpaired) electrons. The van der Waals surface area contributed by atoms with Crippen LogP contribution in [0.3, 0.4) is 0 Å². The van der Waals surface area contributed by atoms with E-state index in [4.69, 9.17) is 22.1 Å². The Morgan fingerprint density at radius 1 is 1.48 bits per heavy atom. The molecule has 0 spiro atoms. The fourth-order valence-corrected chi connectivity index (χ4v) is 3.09. The van der Waals surface area contributed by atoms with Gasteiger partial charge in [0.15, 0.2) is 0 Å². The first-order chi connectivity index (χ1) is 9.99. The molecule has 1 heterocycles. The molecular weight excluding hydrogens is 308 g/mol. The number of ether oxygens (including phenoxy) is 1. The van der Waals surface area contributed by atoms with E-state index in [9.17, 15) is 4.79 Å². The molecule has 21 heavy (non-hydrogen) atoms. The summed E-state index contributed by atoms with van der Waals surface area (Å²) >= 11 is 7.33. The second kappa shape index (κ2) is 7.11. The molecule has 0 saturated heterocycles. The third kappa shape index (κ3) is 4.09. The molecule has 0 saturated carbocycles. The second-order valence-corrected chi connectivity index (χ2v) is 6.70. The lowest BCUT2D eigenvalue weighted by Crippen LogP contribution is -2.27. The standard InChI is InChI=1S/C15H19ClN2O2S/c1-9(2)8-20-6-5-18-15(19)14-13(17)11-7-10(16)3-4-12(11)21-14/h3-4,7,9H,5-6,8,17H2,1-2H3,(H,18,19). The van der Waals surface area contributed by atoms with Crippen molar-refractivity contribution in [3.8, 4) is 0 Å². The van der Waals surface area contributed by atoms with Crippen LogP contribution in [0.25, 0.3) is 10.1 Å². The number of hydrogen-bond donors (Lipinski definition) is 2. The highest BCUT2D eigenvalue weighted by molar-refractivity contribution is 7.21. The van der Waals surface area contributed by atoms with Crippen molar-refractivity contribution < 1.29 is 9.53 Å². The monoisotopic (exact) mass is 326 g/mol. The minimum absolute atomic E-state index is 0.169. The van der Waals surface area contributed by atoms with E-state index in [2.05, 4.69) is 19.2 Å². The first kappa shape index (κ1) is 16.1. The van der Waals surface area contributed by atoms with E-state index in [1.807, 2.05) is 6.07 Å². The van der Waals surface area contributed by atoms with Crippen LogP contribution in [-0.4, -0.2) is 25.7 Å². The molecule has 6 heteroatoms. The van der Waals surface area contributed by atoms with Gasteiger partial charge < -0.3 is 15.8 Å². The van der Waals surface area contributed by atoms with E-state index < -0.39 is 0 Å². The van der Waals surface area contributed by atoms with Crippen molar-refractivity contribution in [2.24, 2.45) is 5.92 Å². The fourth-order valence-electron chi connectivity index (χ4n) is 1.89. The molecule has 114 valence electrons. The summed E-state index contributed by atoms with van der Waals surface area (Å²) < 4.78 is 6.38. The Hall–Kier alpha value is -1.30. The number of amides is 1. The maximum atomic E-state index is 12.1. The number of nitrogens with one attached hydrogen (secondary N) is 1. The van der Waals surface area contributed by atoms with Crippen molar-refractivity contribution in [3.63, 3.8) is 0 Å². The molecule has 0 bridgehead atoms. The van der Waals surface area contributed by atoms with Crippen molar-refractivity contribution in [3.05, 3.63) is 28.1 Å². The summed E-state index contributed by atoms with van der Waals surface area (Å²) in [7, 11) is 0. The maximum Gasteiger partial charge on any atom is 0.263 e. The Morgan fingerprint density at radius 2 is 2.24 bits per heavy atom. The molecule has 0 aliphatic heterocycles. The number of benzene rings is 1. The SMILES string of the molecule is CC(C)COCCNC(=O)c1sc2ccc(Cl)cc2c1N. The number of fused-ring (bicyclic) bond motifs is 1. The zero-order valence-corrected chi connectivity index (χ0v) is 13.7. The molecule has 2 aromatic rings. The van der Waals surface area contributed by atoms with Gasteiger partial charge in [-0.15, -0.1) is 11.3 Å². The number of anilines is 1. The van der Waals surface area contributed by atoms with Crippen molar-refractivity contribution >= 4 is 44.6 Å². The van der Waals surface area contributed by atoms with E-state index in [0.29, 0.717) is 41.3 Å². The zero-order valence-electron chi connectivity index (χ0n) is 12.1. The summed E-state index contributed by atoms with van der Waals surface area (Å²) in [5.41, 5.74) is 6.52. The van der Waals surface area contributed by atoms with Gasteiger partial charge in [-0.2, -0.15) is 0 Å². The number of carbonyl (C=O) groups excluding carboxylic acids is 1. The average Bonchev–Trinajstić information content (AvgIpc) is 2.75. The Balaban J connectivity index is 1.98. The number of thiophene rings is 1. The fraction of sp³-hybridized carbons (Fsp3) is 0.400. The Bertz CT molecular complexity index is 640. The summed E-state index contributed by atoms with van der Waals surface area (Å²) in [5.74, 6) is 0.321. The van der Waals surface area contributed by atoms with Gasteiger partial charge in [0, 0.05) is 28.3 Å². The van der Waals surface area contributed by atoms with Gasteiger partial charge in [-0.25, -0.2) is 0 Å². The van der Waals surface area contributed by atoms with Crippen molar-refractivity contribution in [2.45, 2.75) is 13.8 Å². The largest absolute Gasteiger partial charge is 0.397 e. The van der Waals surface area contributed by atoms with E-state index in [-0.39, 0.29) is 5.91 Å². The lowest BCUT2D eigenvalue weighted by molar-refractivity contribution is 0.0890. The maximum absolute atomic E-state index is 12.1. The van der Waals surface area contributed by atoms with Crippen molar-refractivity contribution in [2.75, 3.05) is 25.5 Å². The number of halogens is 1. The molecule has 0 atom stereocenters. The smallest absolute Gasteiger partial charge is 0.263 e. The van der Waals surface area contributed by atoms with Gasteiger partial charge in [-0.1, -0.05) is 25.4 Å². The summed E-state index contributed by atoms with van der Waals surface area (Å²) in [6.45, 7) is 5.84. The lowest BCUT2D eigenvalue weighted by Gasteiger charge is -2.07. The summed E-state index contributed by atoms with van der Waals surface area (Å²) in [6.07, 6.45) is 0. The van der Waals surface area contributed by atoms with Gasteiger partial charge in [0.1, 0.15) is 4.88 Å². The average molecular weight is 327 g/mol. The molecule has 1 aromatic carbocycles. The van der Waals surface area contributed by atoms with Gasteiger partial charge >= 0.3 is 0 Å². The minimum atomic E-state index is -0.169. The first-order valence-corrected chi connectivity index (χ1v) is 8.02. The third-order valence-electron chi connectivity index (χ3n) is 2.88. The molecule has 0 aliphatic carbocycles. The second-order valence-electron chi connectivity index (χ2n) is 5.21. The number of carbonyl (C=O) groups is 1. The van der Waals surface area contributed by atoms with Crippen LogP contribution in [0, 0.1) is 5.92 Å². The Morgan fingerprint density at radius 3 is 2.95 bits per heavy atom. The zero-order chi connectivity index (χ0) is 15.4. The topological polar surface area (TPSA) is 64.3 Å². The summed E-state index contributed by atoms with van der Waals surface area (Å²) in [6, 6.07) is 5.45. The molecule has 3 N–H and O–H groups in total. The highest BCUT2D eigenvalue weighted by atomic mass is 35.5. The van der Waals surface area contributed by atoms with E-state index in [1.54, 1.807) is 12.1 Å². The highest BCUT2D eigenvalue weighted by Crippen LogP contribution is 2.35.